The summed E-state index contributed by atoms with van der Waals surface area (Å²) < 4.78 is 50.9. The zero-order valence-electron chi connectivity index (χ0n) is 8.50. The van der Waals surface area contributed by atoms with Crippen molar-refractivity contribution in [2.24, 2.45) is 0 Å². The van der Waals surface area contributed by atoms with Crippen LogP contribution >= 0.6 is 0 Å². The highest BCUT2D eigenvalue weighted by atomic mass is 19.4. The first-order chi connectivity index (χ1) is 6.95. The predicted octanol–water partition coefficient (Wildman–Crippen LogP) is 1.88. The maximum atomic E-state index is 12.1. The van der Waals surface area contributed by atoms with Crippen molar-refractivity contribution in [3.8, 4) is 0 Å². The maximum Gasteiger partial charge on any atom is 0.412 e. The molecule has 1 aliphatic rings. The summed E-state index contributed by atoms with van der Waals surface area (Å²) in [6.07, 6.45) is -4.40. The summed E-state index contributed by atoms with van der Waals surface area (Å²) in [6.45, 7) is 1.72. The third-order valence-electron chi connectivity index (χ3n) is 1.91. The molecule has 0 aliphatic carbocycles. The van der Waals surface area contributed by atoms with E-state index in [1.807, 2.05) is 0 Å². The molecule has 2 atom stereocenters. The van der Waals surface area contributed by atoms with Gasteiger partial charge in [0.1, 0.15) is 6.10 Å². The Bertz CT molecular complexity index is 237. The van der Waals surface area contributed by atoms with Crippen LogP contribution in [0.1, 0.15) is 6.92 Å². The van der Waals surface area contributed by atoms with Gasteiger partial charge in [0.25, 0.3) is 0 Å². The van der Waals surface area contributed by atoms with Crippen molar-refractivity contribution in [2.75, 3.05) is 20.3 Å². The second-order valence-electron chi connectivity index (χ2n) is 3.18. The van der Waals surface area contributed by atoms with Gasteiger partial charge in [0.05, 0.1) is 13.2 Å². The highest BCUT2D eigenvalue weighted by Crippen LogP contribution is 2.31. The fourth-order valence-electron chi connectivity index (χ4n) is 0.950. The number of hydrogen-bond acceptors (Lipinski definition) is 3. The van der Waals surface area contributed by atoms with Gasteiger partial charge < -0.3 is 14.2 Å². The quantitative estimate of drug-likeness (QED) is 0.407. The van der Waals surface area contributed by atoms with Gasteiger partial charge in [0.2, 0.25) is 0 Å². The van der Waals surface area contributed by atoms with Crippen LogP contribution in [0.5, 0.6) is 0 Å². The molecule has 0 aromatic rings. The monoisotopic (exact) mass is 226 g/mol. The third-order valence-corrected chi connectivity index (χ3v) is 1.91. The molecule has 6 heteroatoms. The van der Waals surface area contributed by atoms with Gasteiger partial charge in [0.15, 0.2) is 6.29 Å². The van der Waals surface area contributed by atoms with Crippen molar-refractivity contribution in [3.63, 3.8) is 0 Å². The average Bonchev–Trinajstić information content (AvgIpc) is 2.82. The minimum Gasteiger partial charge on any atom is -0.382 e. The molecule has 3 nitrogen and oxygen atoms in total. The highest BCUT2D eigenvalue weighted by Gasteiger charge is 2.41. The molecule has 1 saturated heterocycles. The molecule has 0 amide bonds. The molecular weight excluding hydrogens is 213 g/mol. The molecule has 1 rings (SSSR count). The van der Waals surface area contributed by atoms with Crippen molar-refractivity contribution < 1.29 is 27.4 Å². The lowest BCUT2D eigenvalue weighted by Crippen LogP contribution is -2.11. The SMILES string of the molecule is COCCOC1OC1/C=C(\C)C(F)(F)F. The van der Waals surface area contributed by atoms with Crippen LogP contribution in [0.25, 0.3) is 0 Å². The Morgan fingerprint density at radius 3 is 2.60 bits per heavy atom. The molecule has 0 spiro atoms. The Kier molecular flexibility index (Phi) is 4.12. The van der Waals surface area contributed by atoms with Crippen LogP contribution in [0.3, 0.4) is 0 Å². The van der Waals surface area contributed by atoms with Crippen molar-refractivity contribution in [2.45, 2.75) is 25.5 Å². The maximum absolute atomic E-state index is 12.1. The fourth-order valence-corrected chi connectivity index (χ4v) is 0.950. The van der Waals surface area contributed by atoms with Crippen molar-refractivity contribution in [3.05, 3.63) is 11.6 Å². The number of rotatable bonds is 5. The first kappa shape index (κ1) is 12.5. The van der Waals surface area contributed by atoms with Crippen LogP contribution in [0, 0.1) is 0 Å². The summed E-state index contributed by atoms with van der Waals surface area (Å²) in [5, 5.41) is 0. The minimum atomic E-state index is -4.29. The van der Waals surface area contributed by atoms with Crippen molar-refractivity contribution >= 4 is 0 Å². The van der Waals surface area contributed by atoms with E-state index in [1.165, 1.54) is 7.11 Å². The summed E-state index contributed by atoms with van der Waals surface area (Å²) in [5.41, 5.74) is -0.662. The van der Waals surface area contributed by atoms with E-state index in [0.717, 1.165) is 13.0 Å². The summed E-state index contributed by atoms with van der Waals surface area (Å²) in [6, 6.07) is 0. The Morgan fingerprint density at radius 2 is 2.07 bits per heavy atom. The van der Waals surface area contributed by atoms with Crippen LogP contribution in [0.2, 0.25) is 0 Å². The largest absolute Gasteiger partial charge is 0.412 e. The molecule has 1 heterocycles. The lowest BCUT2D eigenvalue weighted by Gasteiger charge is -2.04. The molecule has 15 heavy (non-hydrogen) atoms. The zero-order valence-corrected chi connectivity index (χ0v) is 8.50. The molecule has 0 aromatic heterocycles. The summed E-state index contributed by atoms with van der Waals surface area (Å²) in [7, 11) is 1.52. The van der Waals surface area contributed by atoms with E-state index < -0.39 is 24.1 Å². The van der Waals surface area contributed by atoms with Crippen LogP contribution in [0.4, 0.5) is 13.2 Å². The van der Waals surface area contributed by atoms with Gasteiger partial charge >= 0.3 is 6.18 Å². The first-order valence-electron chi connectivity index (χ1n) is 4.46. The summed E-state index contributed by atoms with van der Waals surface area (Å²) in [5.74, 6) is 0. The molecule has 0 N–H and O–H groups in total. The van der Waals surface area contributed by atoms with Gasteiger partial charge in [-0.25, -0.2) is 0 Å². The lowest BCUT2D eigenvalue weighted by atomic mass is 10.2. The Hall–Kier alpha value is -0.590. The molecular formula is C9H13F3O3. The molecule has 2 unspecified atom stereocenters. The number of ether oxygens (including phenoxy) is 3. The molecule has 1 aliphatic heterocycles. The minimum absolute atomic E-state index is 0.316. The van der Waals surface area contributed by atoms with Crippen LogP contribution in [-0.4, -0.2) is 38.9 Å². The normalized spacial score (nSPS) is 26.9. The standard InChI is InChI=1S/C9H13F3O3/c1-6(9(10,11)12)5-7-8(15-7)14-4-3-13-2/h5,7-8H,3-4H2,1-2H3/b6-5+. The molecule has 0 radical (unpaired) electrons. The van der Waals surface area contributed by atoms with E-state index in [0.29, 0.717) is 13.2 Å². The Morgan fingerprint density at radius 1 is 1.40 bits per heavy atom. The highest BCUT2D eigenvalue weighted by molar-refractivity contribution is 5.12. The van der Waals surface area contributed by atoms with E-state index in [1.54, 1.807) is 0 Å². The summed E-state index contributed by atoms with van der Waals surface area (Å²) >= 11 is 0. The van der Waals surface area contributed by atoms with E-state index in [9.17, 15) is 13.2 Å². The van der Waals surface area contributed by atoms with Gasteiger partial charge in [-0.1, -0.05) is 0 Å². The van der Waals surface area contributed by atoms with Gasteiger partial charge in [0, 0.05) is 12.7 Å². The lowest BCUT2D eigenvalue weighted by molar-refractivity contribution is -0.0916. The van der Waals surface area contributed by atoms with E-state index in [-0.39, 0.29) is 0 Å². The van der Waals surface area contributed by atoms with Crippen LogP contribution < -0.4 is 0 Å². The van der Waals surface area contributed by atoms with Crippen molar-refractivity contribution in [1.29, 1.82) is 0 Å². The number of alkyl halides is 3. The predicted molar refractivity (Wildman–Crippen MR) is 46.3 cm³/mol. The second kappa shape index (κ2) is 4.96. The second-order valence-corrected chi connectivity index (χ2v) is 3.18. The van der Waals surface area contributed by atoms with E-state index >= 15 is 0 Å². The fraction of sp³-hybridized carbons (Fsp3) is 0.778. The van der Waals surface area contributed by atoms with Crippen molar-refractivity contribution in [1.82, 2.24) is 0 Å². The van der Waals surface area contributed by atoms with Gasteiger partial charge in [-0.2, -0.15) is 13.2 Å². The van der Waals surface area contributed by atoms with Gasteiger partial charge in [-0.15, -0.1) is 0 Å². The molecule has 0 saturated carbocycles. The molecule has 1 fully saturated rings. The molecule has 0 bridgehead atoms. The van der Waals surface area contributed by atoms with E-state index in [4.69, 9.17) is 14.2 Å². The third kappa shape index (κ3) is 4.19. The number of allylic oxidation sites excluding steroid dienone is 1. The van der Waals surface area contributed by atoms with Gasteiger partial charge in [-0.05, 0) is 13.0 Å². The topological polar surface area (TPSA) is 31.0 Å². The Balaban J connectivity index is 2.26. The smallest absolute Gasteiger partial charge is 0.382 e. The number of methoxy groups -OCH3 is 1. The summed E-state index contributed by atoms with van der Waals surface area (Å²) in [4.78, 5) is 0. The number of hydrogen-bond donors (Lipinski definition) is 0. The first-order valence-corrected chi connectivity index (χ1v) is 4.46. The molecule has 0 aromatic carbocycles. The van der Waals surface area contributed by atoms with Crippen LogP contribution in [0.15, 0.2) is 11.6 Å². The Labute approximate surface area is 85.8 Å². The number of halogens is 3. The van der Waals surface area contributed by atoms with E-state index in [2.05, 4.69) is 0 Å². The number of epoxide rings is 1. The van der Waals surface area contributed by atoms with Crippen LogP contribution in [-0.2, 0) is 14.2 Å². The van der Waals surface area contributed by atoms with Gasteiger partial charge in [-0.3, -0.25) is 0 Å². The zero-order chi connectivity index (χ0) is 11.5. The average molecular weight is 226 g/mol. The molecule has 88 valence electrons.